The number of aromatic hydroxyl groups is 2. The molecule has 4 rings (SSSR count). The van der Waals surface area contributed by atoms with Crippen molar-refractivity contribution in [3.05, 3.63) is 97.3 Å². The molecule has 0 aliphatic carbocycles. The Morgan fingerprint density at radius 3 is 1.91 bits per heavy atom. The number of aromatic nitrogens is 2. The number of rotatable bonds is 6. The van der Waals surface area contributed by atoms with Gasteiger partial charge in [-0.15, -0.1) is 6.58 Å². The number of pyridine rings is 2. The van der Waals surface area contributed by atoms with Gasteiger partial charge >= 0.3 is 0 Å². The summed E-state index contributed by atoms with van der Waals surface area (Å²) in [6.45, 7) is 3.72. The molecule has 0 atom stereocenters. The maximum Gasteiger partial charge on any atom is 0.167 e. The van der Waals surface area contributed by atoms with E-state index < -0.39 is 0 Å². The fourth-order valence-corrected chi connectivity index (χ4v) is 3.24. The first-order valence-corrected chi connectivity index (χ1v) is 10.3. The number of hydrogen-bond acceptors (Lipinski definition) is 6. The number of hydrogen-bond donors (Lipinski definition) is 2. The van der Waals surface area contributed by atoms with Crippen molar-refractivity contribution in [1.29, 1.82) is 0 Å². The zero-order chi connectivity index (χ0) is 23.6. The zero-order valence-corrected chi connectivity index (χ0v) is 18.6. The molecular formula is C27H26N2O4. The van der Waals surface area contributed by atoms with Crippen LogP contribution in [0.2, 0.25) is 0 Å². The van der Waals surface area contributed by atoms with Crippen molar-refractivity contribution in [2.24, 2.45) is 0 Å². The van der Waals surface area contributed by atoms with Gasteiger partial charge in [0, 0.05) is 23.5 Å². The Morgan fingerprint density at radius 2 is 1.36 bits per heavy atom. The van der Waals surface area contributed by atoms with Gasteiger partial charge in [0.15, 0.2) is 23.0 Å². The molecule has 2 heterocycles. The van der Waals surface area contributed by atoms with Gasteiger partial charge in [-0.3, -0.25) is 9.97 Å². The van der Waals surface area contributed by atoms with E-state index in [-0.39, 0.29) is 11.5 Å². The summed E-state index contributed by atoms with van der Waals surface area (Å²) < 4.78 is 10.2. The lowest BCUT2D eigenvalue weighted by molar-refractivity contribution is 0.374. The fourth-order valence-electron chi connectivity index (χ4n) is 3.24. The average Bonchev–Trinajstić information content (AvgIpc) is 2.87. The van der Waals surface area contributed by atoms with Gasteiger partial charge in [-0.2, -0.15) is 0 Å². The van der Waals surface area contributed by atoms with E-state index in [9.17, 15) is 10.2 Å². The lowest BCUT2D eigenvalue weighted by atomic mass is 10.0. The number of ether oxygens (including phenoxy) is 2. The number of allylic oxidation sites excluding steroid dienone is 1. The van der Waals surface area contributed by atoms with Crippen molar-refractivity contribution in [2.45, 2.75) is 6.42 Å². The Bertz CT molecular complexity index is 1200. The van der Waals surface area contributed by atoms with E-state index in [0.29, 0.717) is 22.6 Å². The van der Waals surface area contributed by atoms with Crippen LogP contribution in [0.1, 0.15) is 5.56 Å². The Labute approximate surface area is 193 Å². The highest BCUT2D eigenvalue weighted by atomic mass is 16.5. The first-order chi connectivity index (χ1) is 16.1. The van der Waals surface area contributed by atoms with Crippen LogP contribution < -0.4 is 9.47 Å². The number of nitrogens with zero attached hydrogens (tertiary/aromatic N) is 2. The van der Waals surface area contributed by atoms with Gasteiger partial charge in [-0.05, 0) is 60.5 Å². The molecule has 2 aromatic carbocycles. The van der Waals surface area contributed by atoms with Gasteiger partial charge in [0.25, 0.3) is 0 Å². The van der Waals surface area contributed by atoms with Crippen molar-refractivity contribution in [2.75, 3.05) is 14.2 Å². The molecule has 4 aromatic rings. The number of phenols is 2. The molecule has 0 unspecified atom stereocenters. The van der Waals surface area contributed by atoms with Gasteiger partial charge in [-0.25, -0.2) is 0 Å². The van der Waals surface area contributed by atoms with Crippen LogP contribution in [0, 0.1) is 0 Å². The minimum absolute atomic E-state index is 0.115. The molecule has 2 N–H and O–H groups in total. The topological polar surface area (TPSA) is 84.7 Å². The summed E-state index contributed by atoms with van der Waals surface area (Å²) in [4.78, 5) is 8.41. The molecule has 0 aliphatic heterocycles. The summed E-state index contributed by atoms with van der Waals surface area (Å²) in [5, 5.41) is 20.0. The lowest BCUT2D eigenvalue weighted by Gasteiger charge is -2.11. The van der Waals surface area contributed by atoms with Crippen molar-refractivity contribution < 1.29 is 19.7 Å². The SMILES string of the molecule is C=CCc1cc(OC)c(O)c(-c2ccccn2)c1.COc1cccc(-c2ccccn2)c1O. The lowest BCUT2D eigenvalue weighted by Crippen LogP contribution is -1.92. The van der Waals surface area contributed by atoms with Crippen LogP contribution in [0.4, 0.5) is 0 Å². The smallest absolute Gasteiger partial charge is 0.167 e. The fraction of sp³-hybridized carbons (Fsp3) is 0.111. The molecule has 0 fully saturated rings. The quantitative estimate of drug-likeness (QED) is 0.375. The third-order valence-electron chi connectivity index (χ3n) is 4.84. The van der Waals surface area contributed by atoms with E-state index in [4.69, 9.17) is 9.47 Å². The number of para-hydroxylation sites is 1. The maximum absolute atomic E-state index is 10.1. The molecule has 6 nitrogen and oxygen atoms in total. The maximum atomic E-state index is 10.1. The third kappa shape index (κ3) is 5.68. The summed E-state index contributed by atoms with van der Waals surface area (Å²) in [5.74, 6) is 1.15. The molecule has 0 spiro atoms. The molecule has 168 valence electrons. The third-order valence-corrected chi connectivity index (χ3v) is 4.84. The Hall–Kier alpha value is -4.32. The Balaban J connectivity index is 0.000000189. The minimum atomic E-state index is 0.115. The largest absolute Gasteiger partial charge is 0.504 e. The summed E-state index contributed by atoms with van der Waals surface area (Å²) in [6, 6.07) is 20.2. The highest BCUT2D eigenvalue weighted by Crippen LogP contribution is 2.38. The second kappa shape index (κ2) is 11.3. The summed E-state index contributed by atoms with van der Waals surface area (Å²) in [5.41, 5.74) is 3.83. The van der Waals surface area contributed by atoms with Gasteiger partial charge in [-0.1, -0.05) is 24.3 Å². The first kappa shape index (κ1) is 23.3. The van der Waals surface area contributed by atoms with Crippen molar-refractivity contribution in [3.8, 4) is 45.5 Å². The standard InChI is InChI=1S/C15H15NO2.C12H11NO2/c1-3-6-11-9-12(13-7-4-5-8-16-13)15(17)14(10-11)18-2;1-15-11-7-4-5-9(12(11)14)10-6-2-3-8-13-10/h3-5,7-10,17H,1,6H2,2H3;2-8,14H,1H3. The molecule has 0 radical (unpaired) electrons. The normalized spacial score (nSPS) is 10.0. The van der Waals surface area contributed by atoms with Gasteiger partial charge in [0.05, 0.1) is 25.6 Å². The Morgan fingerprint density at radius 1 is 0.758 bits per heavy atom. The van der Waals surface area contributed by atoms with Crippen LogP contribution in [0.15, 0.2) is 91.8 Å². The molecule has 33 heavy (non-hydrogen) atoms. The van der Waals surface area contributed by atoms with E-state index in [0.717, 1.165) is 23.4 Å². The molecule has 0 aliphatic rings. The van der Waals surface area contributed by atoms with E-state index in [2.05, 4.69) is 16.5 Å². The first-order valence-electron chi connectivity index (χ1n) is 10.3. The monoisotopic (exact) mass is 442 g/mol. The van der Waals surface area contributed by atoms with E-state index in [1.54, 1.807) is 24.5 Å². The number of phenolic OH excluding ortho intramolecular Hbond substituents is 2. The molecule has 2 aromatic heterocycles. The summed E-state index contributed by atoms with van der Waals surface area (Å²) in [6.07, 6.45) is 5.92. The summed E-state index contributed by atoms with van der Waals surface area (Å²) in [7, 11) is 3.06. The molecular weight excluding hydrogens is 416 g/mol. The van der Waals surface area contributed by atoms with Crippen LogP contribution in [0.25, 0.3) is 22.5 Å². The van der Waals surface area contributed by atoms with Crippen LogP contribution in [0.5, 0.6) is 23.0 Å². The highest BCUT2D eigenvalue weighted by molar-refractivity contribution is 5.72. The molecule has 0 amide bonds. The molecule has 0 bridgehead atoms. The summed E-state index contributed by atoms with van der Waals surface area (Å²) >= 11 is 0. The van der Waals surface area contributed by atoms with Gasteiger partial charge < -0.3 is 19.7 Å². The molecule has 0 saturated carbocycles. The van der Waals surface area contributed by atoms with Gasteiger partial charge in [0.1, 0.15) is 0 Å². The van der Waals surface area contributed by atoms with Crippen molar-refractivity contribution >= 4 is 0 Å². The van der Waals surface area contributed by atoms with E-state index in [1.807, 2.05) is 60.7 Å². The highest BCUT2D eigenvalue weighted by Gasteiger charge is 2.12. The predicted octanol–water partition coefficient (Wildman–Crippen LogP) is 5.65. The van der Waals surface area contributed by atoms with E-state index in [1.165, 1.54) is 14.2 Å². The van der Waals surface area contributed by atoms with Crippen LogP contribution in [0.3, 0.4) is 0 Å². The van der Waals surface area contributed by atoms with Crippen LogP contribution in [-0.4, -0.2) is 34.4 Å². The average molecular weight is 443 g/mol. The second-order valence-electron chi connectivity index (χ2n) is 6.97. The predicted molar refractivity (Wildman–Crippen MR) is 130 cm³/mol. The molecule has 6 heteroatoms. The number of benzene rings is 2. The molecule has 0 saturated heterocycles. The zero-order valence-electron chi connectivity index (χ0n) is 18.6. The van der Waals surface area contributed by atoms with Crippen molar-refractivity contribution in [3.63, 3.8) is 0 Å². The van der Waals surface area contributed by atoms with Crippen LogP contribution in [-0.2, 0) is 6.42 Å². The van der Waals surface area contributed by atoms with Crippen LogP contribution >= 0.6 is 0 Å². The Kier molecular flexibility index (Phi) is 8.02. The minimum Gasteiger partial charge on any atom is -0.504 e. The van der Waals surface area contributed by atoms with E-state index >= 15 is 0 Å². The van der Waals surface area contributed by atoms with Crippen molar-refractivity contribution in [1.82, 2.24) is 9.97 Å². The number of methoxy groups -OCH3 is 2. The van der Waals surface area contributed by atoms with Gasteiger partial charge in [0.2, 0.25) is 0 Å². The second-order valence-corrected chi connectivity index (χ2v) is 6.97.